The molecule has 1 aromatic carbocycles. The van der Waals surface area contributed by atoms with E-state index in [1.165, 1.54) is 23.1 Å². The van der Waals surface area contributed by atoms with E-state index in [0.717, 1.165) is 61.4 Å². The van der Waals surface area contributed by atoms with Gasteiger partial charge in [0, 0.05) is 24.6 Å². The van der Waals surface area contributed by atoms with Crippen molar-refractivity contribution in [1.29, 1.82) is 0 Å². The van der Waals surface area contributed by atoms with Gasteiger partial charge in [-0.25, -0.2) is 0 Å². The largest absolute Gasteiger partial charge is 0.492 e. The van der Waals surface area contributed by atoms with E-state index in [-0.39, 0.29) is 12.8 Å². The molecule has 2 heterocycles. The average Bonchev–Trinajstić information content (AvgIpc) is 3.26. The zero-order valence-electron chi connectivity index (χ0n) is 19.8. The molecule has 0 radical (unpaired) electrons. The lowest BCUT2D eigenvalue weighted by molar-refractivity contribution is 0.170. The highest BCUT2D eigenvalue weighted by Crippen LogP contribution is 2.50. The Morgan fingerprint density at radius 3 is 2.84 bits per heavy atom. The Labute approximate surface area is 191 Å². The fourth-order valence-corrected chi connectivity index (χ4v) is 5.22. The first-order chi connectivity index (χ1) is 15.5. The molecule has 0 saturated carbocycles. The number of nitrogens with zero attached hydrogens (tertiary/aromatic N) is 2. The number of rotatable bonds is 7. The summed E-state index contributed by atoms with van der Waals surface area (Å²) in [5.41, 5.74) is 5.72. The highest BCUT2D eigenvalue weighted by Gasteiger charge is 2.35. The Hall–Kier alpha value is -2.47. The van der Waals surface area contributed by atoms with Crippen molar-refractivity contribution in [2.75, 3.05) is 27.5 Å². The van der Waals surface area contributed by atoms with Gasteiger partial charge in [0.15, 0.2) is 11.5 Å². The molecule has 1 N–H and O–H groups in total. The number of benzene rings is 1. The average molecular weight is 441 g/mol. The minimum atomic E-state index is 0.0605. The zero-order chi connectivity index (χ0) is 22.7. The molecule has 0 saturated heterocycles. The van der Waals surface area contributed by atoms with E-state index in [4.69, 9.17) is 14.2 Å². The summed E-state index contributed by atoms with van der Waals surface area (Å²) in [6, 6.07) is 2.15. The molecule has 2 atom stereocenters. The van der Waals surface area contributed by atoms with Gasteiger partial charge in [-0.3, -0.25) is 4.90 Å². The normalized spacial score (nSPS) is 22.9. The third-order valence-electron chi connectivity index (χ3n) is 7.07. The van der Waals surface area contributed by atoms with Crippen molar-refractivity contribution in [2.24, 2.45) is 11.1 Å². The first-order valence-electron chi connectivity index (χ1n) is 11.7. The van der Waals surface area contributed by atoms with Gasteiger partial charge in [-0.1, -0.05) is 22.9 Å². The molecule has 0 unspecified atom stereocenters. The predicted molar refractivity (Wildman–Crippen MR) is 126 cm³/mol. The van der Waals surface area contributed by atoms with Crippen LogP contribution in [0.3, 0.4) is 0 Å². The first kappa shape index (κ1) is 22.7. The maximum atomic E-state index is 9.94. The Balaban J connectivity index is 1.53. The van der Waals surface area contributed by atoms with Crippen LogP contribution in [0.15, 0.2) is 34.5 Å². The third-order valence-corrected chi connectivity index (χ3v) is 7.07. The Kier molecular flexibility index (Phi) is 7.09. The van der Waals surface area contributed by atoms with Crippen molar-refractivity contribution in [2.45, 2.75) is 64.8 Å². The van der Waals surface area contributed by atoms with Crippen molar-refractivity contribution in [1.82, 2.24) is 4.90 Å². The van der Waals surface area contributed by atoms with Gasteiger partial charge in [-0.15, -0.1) is 0 Å². The standard InChI is InChI=1S/C26H36N2O4/c1-17(2)6-5-7-18-8-10-19(11-9-18)21(27-29)15-22-24-20(12-13-28(22)3)14-23-25(26(24)30-4)32-16-31-23/h6,10,14,18,22,29H,5,7-9,11-13,15-16H2,1-4H3/b27-21-/t18-,22+/m1/s1. The molecular formula is C26H36N2O4. The third kappa shape index (κ3) is 4.65. The van der Waals surface area contributed by atoms with Gasteiger partial charge in [0.2, 0.25) is 12.5 Å². The molecule has 2 aliphatic heterocycles. The molecular weight excluding hydrogens is 404 g/mol. The first-order valence-corrected chi connectivity index (χ1v) is 11.7. The minimum absolute atomic E-state index is 0.0605. The summed E-state index contributed by atoms with van der Waals surface area (Å²) >= 11 is 0. The maximum Gasteiger partial charge on any atom is 0.231 e. The molecule has 3 aliphatic rings. The fourth-order valence-electron chi connectivity index (χ4n) is 5.22. The van der Waals surface area contributed by atoms with Crippen LogP contribution in [0.1, 0.15) is 69.5 Å². The quantitative estimate of drug-likeness (QED) is 0.257. The number of likely N-dealkylation sites (N-methyl/N-ethyl adjacent to an activating group) is 1. The molecule has 1 aromatic rings. The van der Waals surface area contributed by atoms with Crippen LogP contribution in [-0.2, 0) is 6.42 Å². The summed E-state index contributed by atoms with van der Waals surface area (Å²) in [7, 11) is 3.81. The fraction of sp³-hybridized carbons (Fsp3) is 0.577. The van der Waals surface area contributed by atoms with Crippen molar-refractivity contribution >= 4 is 5.71 Å². The summed E-state index contributed by atoms with van der Waals surface area (Å²) in [6.07, 6.45) is 11.8. The molecule has 1 aliphatic carbocycles. The van der Waals surface area contributed by atoms with Crippen LogP contribution in [0.5, 0.6) is 17.2 Å². The number of oxime groups is 1. The highest BCUT2D eigenvalue weighted by atomic mass is 16.7. The summed E-state index contributed by atoms with van der Waals surface area (Å²) in [5.74, 6) is 2.91. The summed E-state index contributed by atoms with van der Waals surface area (Å²) < 4.78 is 17.2. The lowest BCUT2D eigenvalue weighted by atomic mass is 9.82. The number of methoxy groups -OCH3 is 1. The SMILES string of the molecule is COc1c2c(cc3c1[C@H](C/C(=N/O)C1=CC[C@@H](CCC=C(C)C)CC1)N(C)CC3)OCO2. The molecule has 0 fully saturated rings. The van der Waals surface area contributed by atoms with E-state index in [1.807, 2.05) is 0 Å². The van der Waals surface area contributed by atoms with Crippen LogP contribution >= 0.6 is 0 Å². The summed E-state index contributed by atoms with van der Waals surface area (Å²) in [5, 5.41) is 13.7. The Morgan fingerprint density at radius 2 is 2.16 bits per heavy atom. The highest BCUT2D eigenvalue weighted by molar-refractivity contribution is 6.00. The number of ether oxygens (including phenoxy) is 3. The number of fused-ring (bicyclic) bond motifs is 2. The van der Waals surface area contributed by atoms with Crippen LogP contribution in [0.25, 0.3) is 0 Å². The smallest absolute Gasteiger partial charge is 0.231 e. The molecule has 6 heteroatoms. The monoisotopic (exact) mass is 440 g/mol. The molecule has 4 rings (SSSR count). The minimum Gasteiger partial charge on any atom is -0.492 e. The van der Waals surface area contributed by atoms with Gasteiger partial charge in [0.25, 0.3) is 0 Å². The van der Waals surface area contributed by atoms with E-state index in [1.54, 1.807) is 7.11 Å². The van der Waals surface area contributed by atoms with Crippen LogP contribution in [0.2, 0.25) is 0 Å². The molecule has 0 spiro atoms. The molecule has 32 heavy (non-hydrogen) atoms. The second-order valence-corrected chi connectivity index (χ2v) is 9.44. The Morgan fingerprint density at radius 1 is 1.31 bits per heavy atom. The van der Waals surface area contributed by atoms with Crippen LogP contribution in [0.4, 0.5) is 0 Å². The molecule has 6 nitrogen and oxygen atoms in total. The van der Waals surface area contributed by atoms with E-state index in [9.17, 15) is 5.21 Å². The van der Waals surface area contributed by atoms with E-state index >= 15 is 0 Å². The van der Waals surface area contributed by atoms with Crippen LogP contribution < -0.4 is 14.2 Å². The molecule has 0 aromatic heterocycles. The maximum absolute atomic E-state index is 9.94. The van der Waals surface area contributed by atoms with Crippen molar-refractivity contribution in [3.8, 4) is 17.2 Å². The molecule has 0 amide bonds. The van der Waals surface area contributed by atoms with E-state index in [0.29, 0.717) is 18.1 Å². The zero-order valence-corrected chi connectivity index (χ0v) is 19.8. The van der Waals surface area contributed by atoms with Crippen molar-refractivity contribution < 1.29 is 19.4 Å². The van der Waals surface area contributed by atoms with Gasteiger partial charge in [0.05, 0.1) is 12.8 Å². The number of allylic oxidation sites excluding steroid dienone is 4. The van der Waals surface area contributed by atoms with Gasteiger partial charge in [-0.05, 0) is 82.5 Å². The number of hydrogen-bond donors (Lipinski definition) is 1. The lowest BCUT2D eigenvalue weighted by Gasteiger charge is -2.36. The molecule has 0 bridgehead atoms. The van der Waals surface area contributed by atoms with Gasteiger partial charge in [0.1, 0.15) is 0 Å². The van der Waals surface area contributed by atoms with Crippen molar-refractivity contribution in [3.63, 3.8) is 0 Å². The predicted octanol–water partition coefficient (Wildman–Crippen LogP) is 5.65. The lowest BCUT2D eigenvalue weighted by Crippen LogP contribution is -2.34. The van der Waals surface area contributed by atoms with E-state index < -0.39 is 0 Å². The van der Waals surface area contributed by atoms with Crippen LogP contribution in [0, 0.1) is 5.92 Å². The van der Waals surface area contributed by atoms with Crippen LogP contribution in [-0.4, -0.2) is 43.3 Å². The van der Waals surface area contributed by atoms with Gasteiger partial charge < -0.3 is 19.4 Å². The molecule has 174 valence electrons. The topological polar surface area (TPSA) is 63.5 Å². The van der Waals surface area contributed by atoms with Crippen molar-refractivity contribution in [3.05, 3.63) is 40.5 Å². The number of hydrogen-bond acceptors (Lipinski definition) is 6. The van der Waals surface area contributed by atoms with E-state index in [2.05, 4.69) is 49.2 Å². The van der Waals surface area contributed by atoms with Gasteiger partial charge in [-0.2, -0.15) is 0 Å². The second kappa shape index (κ2) is 9.99. The second-order valence-electron chi connectivity index (χ2n) is 9.44. The summed E-state index contributed by atoms with van der Waals surface area (Å²) in [4.78, 5) is 2.32. The Bertz CT molecular complexity index is 930. The van der Waals surface area contributed by atoms with Gasteiger partial charge >= 0.3 is 0 Å². The summed E-state index contributed by atoms with van der Waals surface area (Å²) in [6.45, 7) is 5.47.